The van der Waals surface area contributed by atoms with E-state index in [1.54, 1.807) is 12.1 Å². The van der Waals surface area contributed by atoms with Gasteiger partial charge >= 0.3 is 6.18 Å². The lowest BCUT2D eigenvalue weighted by atomic mass is 10.1. The molecule has 10 heteroatoms. The first-order chi connectivity index (χ1) is 15.7. The summed E-state index contributed by atoms with van der Waals surface area (Å²) < 4.78 is 47.0. The minimum absolute atomic E-state index is 0.0454. The Morgan fingerprint density at radius 1 is 1.15 bits per heavy atom. The van der Waals surface area contributed by atoms with Crippen molar-refractivity contribution >= 4 is 22.8 Å². The summed E-state index contributed by atoms with van der Waals surface area (Å²) in [6, 6.07) is 10.6. The molecule has 0 bridgehead atoms. The van der Waals surface area contributed by atoms with Crippen molar-refractivity contribution in [2.45, 2.75) is 26.6 Å². The van der Waals surface area contributed by atoms with E-state index in [4.69, 9.17) is 10.5 Å². The van der Waals surface area contributed by atoms with Crippen molar-refractivity contribution in [3.05, 3.63) is 59.3 Å². The van der Waals surface area contributed by atoms with Crippen LogP contribution in [0.4, 0.5) is 13.2 Å². The van der Waals surface area contributed by atoms with Gasteiger partial charge in [0.15, 0.2) is 11.7 Å². The molecule has 3 aromatic rings. The zero-order chi connectivity index (χ0) is 24.2. The molecule has 4 N–H and O–H groups in total. The Morgan fingerprint density at radius 3 is 2.48 bits per heavy atom. The number of amides is 1. The predicted octanol–water partition coefficient (Wildman–Crippen LogP) is 4.50. The number of aromatic amines is 1. The van der Waals surface area contributed by atoms with Crippen molar-refractivity contribution < 1.29 is 22.7 Å². The predicted molar refractivity (Wildman–Crippen MR) is 121 cm³/mol. The van der Waals surface area contributed by atoms with Crippen LogP contribution in [-0.2, 0) is 12.7 Å². The van der Waals surface area contributed by atoms with Crippen molar-refractivity contribution in [2.24, 2.45) is 10.7 Å². The normalized spacial score (nSPS) is 12.4. The number of halogens is 3. The summed E-state index contributed by atoms with van der Waals surface area (Å²) in [5, 5.41) is 2.30. The highest BCUT2D eigenvalue weighted by atomic mass is 19.4. The lowest BCUT2D eigenvalue weighted by Gasteiger charge is -2.20. The number of carbonyl (C=O) groups excluding carboxylic acids is 1. The molecule has 1 heterocycles. The second kappa shape index (κ2) is 9.95. The minimum atomic E-state index is -4.62. The average Bonchev–Trinajstić information content (AvgIpc) is 3.23. The number of nitrogens with zero attached hydrogens (tertiary/aromatic N) is 2. The number of guanidine groups is 1. The van der Waals surface area contributed by atoms with E-state index >= 15 is 0 Å². The highest BCUT2D eigenvalue weighted by molar-refractivity contribution is 6.05. The number of hydrogen-bond acceptors (Lipinski definition) is 3. The largest absolute Gasteiger partial charge is 0.455 e. The van der Waals surface area contributed by atoms with Crippen LogP contribution < -0.4 is 15.8 Å². The molecule has 0 unspecified atom stereocenters. The molecule has 176 valence electrons. The fourth-order valence-electron chi connectivity index (χ4n) is 3.41. The monoisotopic (exact) mass is 461 g/mol. The molecule has 0 aliphatic heterocycles. The smallest absolute Gasteiger partial charge is 0.417 e. The number of nitrogens with one attached hydrogen (secondary N) is 2. The fourth-order valence-corrected chi connectivity index (χ4v) is 3.41. The third-order valence-electron chi connectivity index (χ3n) is 5.25. The number of rotatable bonds is 7. The molecule has 0 atom stereocenters. The van der Waals surface area contributed by atoms with E-state index < -0.39 is 17.6 Å². The second-order valence-electron chi connectivity index (χ2n) is 7.30. The van der Waals surface area contributed by atoms with Crippen LogP contribution in [0.25, 0.3) is 10.9 Å². The van der Waals surface area contributed by atoms with Gasteiger partial charge in [0.2, 0.25) is 0 Å². The number of H-pyrrole nitrogens is 1. The van der Waals surface area contributed by atoms with Crippen molar-refractivity contribution in [3.63, 3.8) is 0 Å². The molecule has 7 nitrogen and oxygen atoms in total. The van der Waals surface area contributed by atoms with Crippen LogP contribution in [0.5, 0.6) is 11.5 Å². The molecule has 0 saturated carbocycles. The van der Waals surface area contributed by atoms with Gasteiger partial charge in [-0.25, -0.2) is 0 Å². The van der Waals surface area contributed by atoms with E-state index in [1.165, 1.54) is 13.1 Å². The number of aliphatic imine (C=N–C) groups is 1. The first-order valence-electron chi connectivity index (χ1n) is 10.4. The van der Waals surface area contributed by atoms with Gasteiger partial charge in [0.05, 0.1) is 11.1 Å². The Bertz CT molecular complexity index is 1170. The highest BCUT2D eigenvalue weighted by Crippen LogP contribution is 2.40. The molecular formula is C23H26F3N5O2. The van der Waals surface area contributed by atoms with Gasteiger partial charge in [-0.2, -0.15) is 18.2 Å². The van der Waals surface area contributed by atoms with E-state index in [9.17, 15) is 18.0 Å². The van der Waals surface area contributed by atoms with Gasteiger partial charge in [0, 0.05) is 24.5 Å². The molecule has 3 rings (SSSR count). The molecule has 0 radical (unpaired) electrons. The van der Waals surface area contributed by atoms with E-state index in [0.717, 1.165) is 30.8 Å². The Labute approximate surface area is 189 Å². The van der Waals surface area contributed by atoms with Gasteiger partial charge in [0.25, 0.3) is 5.91 Å². The summed E-state index contributed by atoms with van der Waals surface area (Å²) in [4.78, 5) is 20.9. The first kappa shape index (κ1) is 24.1. The molecule has 0 saturated heterocycles. The molecule has 1 amide bonds. The van der Waals surface area contributed by atoms with Gasteiger partial charge in [-0.3, -0.25) is 9.69 Å². The zero-order valence-corrected chi connectivity index (χ0v) is 18.6. The minimum Gasteiger partial charge on any atom is -0.455 e. The molecule has 2 aromatic carbocycles. The number of benzene rings is 2. The van der Waals surface area contributed by atoms with Gasteiger partial charge in [-0.1, -0.05) is 32.0 Å². The second-order valence-corrected chi connectivity index (χ2v) is 7.30. The summed E-state index contributed by atoms with van der Waals surface area (Å²) in [6.07, 6.45) is -4.62. The maximum atomic E-state index is 13.6. The Kier molecular flexibility index (Phi) is 7.27. The number of nitrogens with two attached hydrogens (primary N) is 1. The topological polar surface area (TPSA) is 95.7 Å². The third kappa shape index (κ3) is 5.46. The molecule has 33 heavy (non-hydrogen) atoms. The van der Waals surface area contributed by atoms with E-state index in [1.807, 2.05) is 26.0 Å². The summed E-state index contributed by atoms with van der Waals surface area (Å²) in [5.41, 5.74) is 5.42. The maximum Gasteiger partial charge on any atom is 0.417 e. The fraction of sp³-hybridized carbons (Fsp3) is 0.304. The number of aromatic nitrogens is 1. The van der Waals surface area contributed by atoms with E-state index in [0.29, 0.717) is 12.3 Å². The third-order valence-corrected chi connectivity index (χ3v) is 5.25. The quantitative estimate of drug-likeness (QED) is 0.356. The standard InChI is InChI=1S/C23H26F3N5O2/c1-4-31(5-2)13-14-8-6-7-9-18(14)33-19-11-10-16(23(24,25)26)15-12-17(29-20(15)19)21(32)30-22(27)28-3/h6-12,29H,4-5,13H2,1-3H3,(H3,27,28,30,32). The number of ether oxygens (including phenoxy) is 1. The summed E-state index contributed by atoms with van der Waals surface area (Å²) in [7, 11) is 1.47. The molecule has 0 fully saturated rings. The molecule has 0 spiro atoms. The Hall–Kier alpha value is -3.53. The van der Waals surface area contributed by atoms with Crippen molar-refractivity contribution in [3.8, 4) is 11.5 Å². The summed E-state index contributed by atoms with van der Waals surface area (Å²) in [5.74, 6) is -0.282. The van der Waals surface area contributed by atoms with Gasteiger partial charge in [-0.15, -0.1) is 0 Å². The summed E-state index contributed by atoms with van der Waals surface area (Å²) in [6.45, 7) is 6.40. The van der Waals surface area contributed by atoms with E-state index in [2.05, 4.69) is 20.2 Å². The van der Waals surface area contributed by atoms with E-state index in [-0.39, 0.29) is 28.3 Å². The van der Waals surface area contributed by atoms with Crippen molar-refractivity contribution in [1.82, 2.24) is 15.2 Å². The number of fused-ring (bicyclic) bond motifs is 1. The van der Waals surface area contributed by atoms with Crippen molar-refractivity contribution in [2.75, 3.05) is 20.1 Å². The molecule has 0 aliphatic carbocycles. The van der Waals surface area contributed by atoms with Gasteiger partial charge in [-0.05, 0) is 37.4 Å². The van der Waals surface area contributed by atoms with Crippen molar-refractivity contribution in [1.29, 1.82) is 0 Å². The van der Waals surface area contributed by atoms with Crippen LogP contribution in [0.1, 0.15) is 35.5 Å². The number of para-hydroxylation sites is 1. The van der Waals surface area contributed by atoms with Gasteiger partial charge in [0.1, 0.15) is 11.4 Å². The lowest BCUT2D eigenvalue weighted by molar-refractivity contribution is -0.136. The number of alkyl halides is 3. The lowest BCUT2D eigenvalue weighted by Crippen LogP contribution is -2.28. The van der Waals surface area contributed by atoms with Crippen LogP contribution in [0.2, 0.25) is 0 Å². The number of hydrogen-bond donors (Lipinski definition) is 3. The highest BCUT2D eigenvalue weighted by Gasteiger charge is 2.34. The molecule has 0 aliphatic rings. The van der Waals surface area contributed by atoms with Crippen LogP contribution in [0.15, 0.2) is 47.5 Å². The molecule has 1 aromatic heterocycles. The Balaban J connectivity index is 2.09. The summed E-state index contributed by atoms with van der Waals surface area (Å²) >= 11 is 0. The molecular weight excluding hydrogens is 435 g/mol. The van der Waals surface area contributed by atoms with Gasteiger partial charge < -0.3 is 20.8 Å². The van der Waals surface area contributed by atoms with Crippen LogP contribution in [-0.4, -0.2) is 41.9 Å². The van der Waals surface area contributed by atoms with Crippen LogP contribution >= 0.6 is 0 Å². The Morgan fingerprint density at radius 2 is 1.85 bits per heavy atom. The number of carbonyl (C=O) groups is 1. The maximum absolute atomic E-state index is 13.6. The SMILES string of the molecule is CCN(CC)Cc1ccccc1Oc1ccc(C(F)(F)F)c2cc(C(=O)N=C(N)NC)[nH]c12. The zero-order valence-electron chi connectivity index (χ0n) is 18.6. The van der Waals surface area contributed by atoms with Crippen LogP contribution in [0.3, 0.4) is 0 Å². The average molecular weight is 461 g/mol. The van der Waals surface area contributed by atoms with Crippen LogP contribution in [0, 0.1) is 0 Å². The first-order valence-corrected chi connectivity index (χ1v) is 10.4.